The van der Waals surface area contributed by atoms with Gasteiger partial charge in [-0.1, -0.05) is 52.4 Å². The number of amides is 2. The topological polar surface area (TPSA) is 96.0 Å². The van der Waals surface area contributed by atoms with Crippen molar-refractivity contribution >= 4 is 80.3 Å². The fraction of sp³-hybridized carbons (Fsp3) is 0.111. The SMILES string of the molecule is CC(=O)Nc1cccc(Nc2nnc(SCC(=O)Nc3cc(Cl)ccc3Cl)s2)c1. The Morgan fingerprint density at radius 3 is 2.66 bits per heavy atom. The average Bonchev–Trinajstić information content (AvgIpc) is 3.10. The molecule has 1 heterocycles. The maximum Gasteiger partial charge on any atom is 0.234 e. The maximum absolute atomic E-state index is 12.1. The molecular formula is C18H15Cl2N5O2S2. The minimum atomic E-state index is -0.230. The van der Waals surface area contributed by atoms with E-state index in [4.69, 9.17) is 23.2 Å². The van der Waals surface area contributed by atoms with Gasteiger partial charge >= 0.3 is 0 Å². The first-order valence-electron chi connectivity index (χ1n) is 8.25. The van der Waals surface area contributed by atoms with Crippen molar-refractivity contribution < 1.29 is 9.59 Å². The average molecular weight is 468 g/mol. The van der Waals surface area contributed by atoms with E-state index < -0.39 is 0 Å². The number of carbonyl (C=O) groups excluding carboxylic acids is 2. The van der Waals surface area contributed by atoms with Crippen LogP contribution in [0.25, 0.3) is 0 Å². The molecule has 2 amide bonds. The molecule has 1 aromatic heterocycles. The van der Waals surface area contributed by atoms with Crippen molar-refractivity contribution in [3.63, 3.8) is 0 Å². The third kappa shape index (κ3) is 6.60. The molecule has 3 N–H and O–H groups in total. The Morgan fingerprint density at radius 2 is 1.86 bits per heavy atom. The molecule has 0 aliphatic heterocycles. The Labute approximate surface area is 185 Å². The summed E-state index contributed by atoms with van der Waals surface area (Å²) in [5.41, 5.74) is 1.90. The highest BCUT2D eigenvalue weighted by Gasteiger charge is 2.11. The van der Waals surface area contributed by atoms with Crippen LogP contribution in [-0.4, -0.2) is 27.8 Å². The number of halogens is 2. The number of hydrogen-bond donors (Lipinski definition) is 3. The minimum absolute atomic E-state index is 0.144. The Kier molecular flexibility index (Phi) is 7.32. The van der Waals surface area contributed by atoms with Gasteiger partial charge in [0.15, 0.2) is 4.34 Å². The highest BCUT2D eigenvalue weighted by atomic mass is 35.5. The smallest absolute Gasteiger partial charge is 0.234 e. The number of nitrogens with one attached hydrogen (secondary N) is 3. The Morgan fingerprint density at radius 1 is 1.07 bits per heavy atom. The van der Waals surface area contributed by atoms with Crippen LogP contribution in [0.5, 0.6) is 0 Å². The summed E-state index contributed by atoms with van der Waals surface area (Å²) in [5, 5.41) is 18.2. The van der Waals surface area contributed by atoms with Gasteiger partial charge in [0.2, 0.25) is 16.9 Å². The van der Waals surface area contributed by atoms with E-state index >= 15 is 0 Å². The number of benzene rings is 2. The van der Waals surface area contributed by atoms with Crippen LogP contribution in [-0.2, 0) is 9.59 Å². The summed E-state index contributed by atoms with van der Waals surface area (Å²) < 4.78 is 0.637. The fourth-order valence-electron chi connectivity index (χ4n) is 2.23. The molecule has 0 bridgehead atoms. The standard InChI is InChI=1S/C18H15Cl2N5O2S2/c1-10(26)21-12-3-2-4-13(8-12)22-17-24-25-18(29-17)28-9-16(27)23-15-7-11(19)5-6-14(15)20/h2-8H,9H2,1H3,(H,21,26)(H,22,24)(H,23,27). The van der Waals surface area contributed by atoms with E-state index in [1.807, 2.05) is 12.1 Å². The summed E-state index contributed by atoms with van der Waals surface area (Å²) >= 11 is 14.5. The quantitative estimate of drug-likeness (QED) is 0.409. The Bertz CT molecular complexity index is 1040. The highest BCUT2D eigenvalue weighted by molar-refractivity contribution is 8.01. The zero-order valence-corrected chi connectivity index (χ0v) is 18.2. The van der Waals surface area contributed by atoms with Crippen molar-refractivity contribution in [1.82, 2.24) is 10.2 Å². The summed E-state index contributed by atoms with van der Waals surface area (Å²) in [5.74, 6) is -0.226. The van der Waals surface area contributed by atoms with Crippen LogP contribution in [0.1, 0.15) is 6.92 Å². The van der Waals surface area contributed by atoms with Gasteiger partial charge in [-0.05, 0) is 36.4 Å². The van der Waals surface area contributed by atoms with Crippen molar-refractivity contribution in [2.75, 3.05) is 21.7 Å². The number of nitrogens with zero attached hydrogens (tertiary/aromatic N) is 2. The van der Waals surface area contributed by atoms with Gasteiger partial charge in [-0.25, -0.2) is 0 Å². The number of hydrogen-bond acceptors (Lipinski definition) is 7. The van der Waals surface area contributed by atoms with Crippen LogP contribution < -0.4 is 16.0 Å². The van der Waals surface area contributed by atoms with Crippen LogP contribution in [0.3, 0.4) is 0 Å². The van der Waals surface area contributed by atoms with Gasteiger partial charge in [-0.15, -0.1) is 10.2 Å². The predicted octanol–water partition coefficient (Wildman–Crippen LogP) is 5.28. The summed E-state index contributed by atoms with van der Waals surface area (Å²) in [6, 6.07) is 12.1. The van der Waals surface area contributed by atoms with Crippen molar-refractivity contribution in [1.29, 1.82) is 0 Å². The van der Waals surface area contributed by atoms with E-state index in [2.05, 4.69) is 26.1 Å². The summed E-state index contributed by atoms with van der Waals surface area (Å²) in [6.07, 6.45) is 0. The molecule has 3 aromatic rings. The van der Waals surface area contributed by atoms with E-state index in [0.29, 0.717) is 30.9 Å². The molecule has 2 aromatic carbocycles. The molecule has 7 nitrogen and oxygen atoms in total. The third-order valence-corrected chi connectivity index (χ3v) is 5.91. The van der Waals surface area contributed by atoms with Gasteiger partial charge in [0, 0.05) is 23.3 Å². The molecule has 0 fully saturated rings. The molecule has 150 valence electrons. The molecule has 0 spiro atoms. The van der Waals surface area contributed by atoms with E-state index in [0.717, 1.165) is 5.69 Å². The summed E-state index contributed by atoms with van der Waals surface area (Å²) in [7, 11) is 0. The van der Waals surface area contributed by atoms with Crippen LogP contribution in [0, 0.1) is 0 Å². The molecule has 29 heavy (non-hydrogen) atoms. The Balaban J connectivity index is 1.54. The molecule has 0 unspecified atom stereocenters. The fourth-order valence-corrected chi connectivity index (χ4v) is 4.14. The number of rotatable bonds is 7. The van der Waals surface area contributed by atoms with E-state index in [9.17, 15) is 9.59 Å². The van der Waals surface area contributed by atoms with Crippen molar-refractivity contribution in [3.05, 3.63) is 52.5 Å². The lowest BCUT2D eigenvalue weighted by Crippen LogP contribution is -2.14. The molecule has 0 atom stereocenters. The predicted molar refractivity (Wildman–Crippen MR) is 120 cm³/mol. The van der Waals surface area contributed by atoms with Crippen LogP contribution >= 0.6 is 46.3 Å². The minimum Gasteiger partial charge on any atom is -0.330 e. The normalized spacial score (nSPS) is 10.4. The number of carbonyl (C=O) groups is 2. The zero-order chi connectivity index (χ0) is 20.8. The van der Waals surface area contributed by atoms with Crippen molar-refractivity contribution in [2.24, 2.45) is 0 Å². The highest BCUT2D eigenvalue weighted by Crippen LogP contribution is 2.29. The number of anilines is 4. The van der Waals surface area contributed by atoms with E-state index in [1.54, 1.807) is 30.3 Å². The maximum atomic E-state index is 12.1. The molecule has 0 saturated heterocycles. The first-order valence-corrected chi connectivity index (χ1v) is 10.8. The molecule has 0 aliphatic rings. The molecule has 0 saturated carbocycles. The molecule has 0 aliphatic carbocycles. The van der Waals surface area contributed by atoms with Crippen molar-refractivity contribution in [3.8, 4) is 0 Å². The summed E-state index contributed by atoms with van der Waals surface area (Å²) in [4.78, 5) is 23.3. The second-order valence-electron chi connectivity index (χ2n) is 5.72. The summed E-state index contributed by atoms with van der Waals surface area (Å²) in [6.45, 7) is 1.45. The number of aromatic nitrogens is 2. The first kappa shape index (κ1) is 21.4. The van der Waals surface area contributed by atoms with Gasteiger partial charge in [-0.3, -0.25) is 9.59 Å². The van der Waals surface area contributed by atoms with Gasteiger partial charge < -0.3 is 16.0 Å². The lowest BCUT2D eigenvalue weighted by atomic mass is 10.3. The lowest BCUT2D eigenvalue weighted by Gasteiger charge is -2.06. The number of thioether (sulfide) groups is 1. The van der Waals surface area contributed by atoms with Gasteiger partial charge in [-0.2, -0.15) is 0 Å². The van der Waals surface area contributed by atoms with Gasteiger partial charge in [0.1, 0.15) is 0 Å². The van der Waals surface area contributed by atoms with Crippen LogP contribution in [0.15, 0.2) is 46.8 Å². The van der Waals surface area contributed by atoms with Gasteiger partial charge in [0.05, 0.1) is 16.5 Å². The largest absolute Gasteiger partial charge is 0.330 e. The monoisotopic (exact) mass is 467 g/mol. The lowest BCUT2D eigenvalue weighted by molar-refractivity contribution is -0.114. The first-order chi connectivity index (χ1) is 13.9. The molecule has 3 rings (SSSR count). The Hall–Kier alpha value is -2.33. The molecule has 0 radical (unpaired) electrons. The second kappa shape index (κ2) is 9.93. The van der Waals surface area contributed by atoms with Gasteiger partial charge in [0.25, 0.3) is 0 Å². The molecular weight excluding hydrogens is 453 g/mol. The second-order valence-corrected chi connectivity index (χ2v) is 8.76. The van der Waals surface area contributed by atoms with Crippen molar-refractivity contribution in [2.45, 2.75) is 11.3 Å². The van der Waals surface area contributed by atoms with Crippen LogP contribution in [0.2, 0.25) is 10.0 Å². The third-order valence-electron chi connectivity index (χ3n) is 3.37. The van der Waals surface area contributed by atoms with E-state index in [1.165, 1.54) is 30.0 Å². The van der Waals surface area contributed by atoms with Crippen LogP contribution in [0.4, 0.5) is 22.2 Å². The van der Waals surface area contributed by atoms with E-state index in [-0.39, 0.29) is 17.6 Å². The zero-order valence-electron chi connectivity index (χ0n) is 15.0. The molecule has 11 heteroatoms.